The van der Waals surface area contributed by atoms with Crippen LogP contribution in [-0.2, 0) is 16.1 Å². The van der Waals surface area contributed by atoms with Crippen molar-refractivity contribution in [1.29, 1.82) is 0 Å². The molecule has 0 fully saturated rings. The third-order valence-corrected chi connectivity index (χ3v) is 6.07. The van der Waals surface area contributed by atoms with Crippen LogP contribution in [0.2, 0.25) is 0 Å². The van der Waals surface area contributed by atoms with Gasteiger partial charge in [-0.05, 0) is 40.7 Å². The second-order valence-corrected chi connectivity index (χ2v) is 8.51. The van der Waals surface area contributed by atoms with Gasteiger partial charge in [-0.25, -0.2) is 0 Å². The third-order valence-electron chi connectivity index (χ3n) is 6.07. The second kappa shape index (κ2) is 11.4. The van der Waals surface area contributed by atoms with E-state index in [2.05, 4.69) is 20.8 Å². The van der Waals surface area contributed by atoms with Gasteiger partial charge in [-0.2, -0.15) is 0 Å². The summed E-state index contributed by atoms with van der Waals surface area (Å²) in [7, 11) is 0. The molecule has 0 saturated heterocycles. The molecule has 0 aromatic heterocycles. The first-order chi connectivity index (χ1) is 14.3. The number of carboxylic acids is 1. The number of rotatable bonds is 12. The van der Waals surface area contributed by atoms with Gasteiger partial charge in [-0.3, -0.25) is 4.79 Å². The fourth-order valence-corrected chi connectivity index (χ4v) is 4.03. The Hall–Kier alpha value is -1.95. The molecule has 0 amide bonds. The van der Waals surface area contributed by atoms with Gasteiger partial charge in [0.05, 0.1) is 18.6 Å². The van der Waals surface area contributed by atoms with Crippen molar-refractivity contribution >= 4 is 16.7 Å². The molecular weight excluding hydrogens is 378 g/mol. The van der Waals surface area contributed by atoms with E-state index in [0.717, 1.165) is 34.7 Å². The summed E-state index contributed by atoms with van der Waals surface area (Å²) >= 11 is 0. The Morgan fingerprint density at radius 1 is 1.17 bits per heavy atom. The van der Waals surface area contributed by atoms with Crippen molar-refractivity contribution in [3.8, 4) is 0 Å². The number of carboxylic acid groups (broad SMARTS) is 1. The highest BCUT2D eigenvalue weighted by molar-refractivity contribution is 5.86. The van der Waals surface area contributed by atoms with Gasteiger partial charge in [0.25, 0.3) is 0 Å². The number of carbonyl (C=O) groups is 1. The first-order valence-electron chi connectivity index (χ1n) is 11.1. The van der Waals surface area contributed by atoms with E-state index >= 15 is 0 Å². The van der Waals surface area contributed by atoms with Crippen molar-refractivity contribution < 1.29 is 19.7 Å². The van der Waals surface area contributed by atoms with E-state index in [9.17, 15) is 15.0 Å². The molecule has 2 aromatic carbocycles. The molecule has 5 nitrogen and oxygen atoms in total. The molecule has 0 spiro atoms. The van der Waals surface area contributed by atoms with Crippen molar-refractivity contribution in [2.45, 2.75) is 71.6 Å². The van der Waals surface area contributed by atoms with Gasteiger partial charge in [0.15, 0.2) is 0 Å². The summed E-state index contributed by atoms with van der Waals surface area (Å²) in [5.41, 5.74) is 8.15. The Morgan fingerprint density at radius 2 is 1.87 bits per heavy atom. The lowest BCUT2D eigenvalue weighted by atomic mass is 9.77. The molecule has 2 aromatic rings. The van der Waals surface area contributed by atoms with Gasteiger partial charge >= 0.3 is 5.97 Å². The smallest absolute Gasteiger partial charge is 0.306 e. The predicted molar refractivity (Wildman–Crippen MR) is 121 cm³/mol. The maximum Gasteiger partial charge on any atom is 0.306 e. The molecule has 5 heteroatoms. The minimum Gasteiger partial charge on any atom is -0.481 e. The van der Waals surface area contributed by atoms with Crippen molar-refractivity contribution in [2.75, 3.05) is 6.61 Å². The third kappa shape index (κ3) is 6.03. The fourth-order valence-electron chi connectivity index (χ4n) is 4.03. The molecule has 5 unspecified atom stereocenters. The maximum atomic E-state index is 11.9. The zero-order chi connectivity index (χ0) is 22.3. The molecule has 0 saturated carbocycles. The lowest BCUT2D eigenvalue weighted by Gasteiger charge is -2.32. The molecular formula is C25H37NO4. The molecule has 0 aliphatic rings. The number of ether oxygens (including phenoxy) is 1. The number of aliphatic hydroxyl groups is 1. The van der Waals surface area contributed by atoms with Crippen molar-refractivity contribution in [3.63, 3.8) is 0 Å². The number of fused-ring (bicyclic) bond motifs is 1. The number of nitrogens with two attached hydrogens (primary N) is 1. The second-order valence-electron chi connectivity index (χ2n) is 8.51. The van der Waals surface area contributed by atoms with E-state index < -0.39 is 30.0 Å². The summed E-state index contributed by atoms with van der Waals surface area (Å²) in [5, 5.41) is 23.0. The predicted octanol–water partition coefficient (Wildman–Crippen LogP) is 4.70. The van der Waals surface area contributed by atoms with Crippen molar-refractivity contribution in [2.24, 2.45) is 17.6 Å². The standard InChI is InChI=1S/C25H37NO4/c1-5-11-30-15-20-14-19(13-18-9-7-8-10-21(18)20)23(17(4)25(28)29)24(27)22(26)12-16(3)6-2/h7-10,13-14,16-17,22-24,27H,5-6,11-12,15,26H2,1-4H3,(H,28,29). The SMILES string of the molecule is CCCOCc1cc(C(C(C)C(=O)O)C(O)C(N)CC(C)CC)cc2ccccc12. The highest BCUT2D eigenvalue weighted by atomic mass is 16.5. The van der Waals surface area contributed by atoms with Gasteiger partial charge < -0.3 is 20.7 Å². The molecule has 2 rings (SSSR count). The number of hydrogen-bond acceptors (Lipinski definition) is 4. The average Bonchev–Trinajstić information content (AvgIpc) is 2.73. The molecule has 0 aliphatic carbocycles. The van der Waals surface area contributed by atoms with Gasteiger partial charge in [-0.1, -0.05) is 70.5 Å². The number of hydrogen-bond donors (Lipinski definition) is 3. The lowest BCUT2D eigenvalue weighted by molar-refractivity contribution is -0.143. The van der Waals surface area contributed by atoms with Gasteiger partial charge in [0, 0.05) is 18.6 Å². The monoisotopic (exact) mass is 415 g/mol. The molecule has 0 aliphatic heterocycles. The lowest BCUT2D eigenvalue weighted by Crippen LogP contribution is -2.43. The fraction of sp³-hybridized carbons (Fsp3) is 0.560. The van der Waals surface area contributed by atoms with E-state index in [-0.39, 0.29) is 0 Å². The van der Waals surface area contributed by atoms with Crippen LogP contribution >= 0.6 is 0 Å². The summed E-state index contributed by atoms with van der Waals surface area (Å²) in [6, 6.07) is 11.5. The van der Waals surface area contributed by atoms with E-state index in [4.69, 9.17) is 10.5 Å². The van der Waals surface area contributed by atoms with Crippen LogP contribution in [-0.4, -0.2) is 34.9 Å². The normalized spacial score (nSPS) is 16.7. The highest BCUT2D eigenvalue weighted by Gasteiger charge is 2.35. The Labute approximate surface area is 180 Å². The maximum absolute atomic E-state index is 11.9. The minimum atomic E-state index is -0.948. The quantitative estimate of drug-likeness (QED) is 0.437. The van der Waals surface area contributed by atoms with Crippen LogP contribution in [0.5, 0.6) is 0 Å². The molecule has 0 heterocycles. The van der Waals surface area contributed by atoms with Gasteiger partial charge in [0.1, 0.15) is 0 Å². The molecule has 5 atom stereocenters. The Morgan fingerprint density at radius 3 is 2.50 bits per heavy atom. The Bertz CT molecular complexity index is 822. The zero-order valence-corrected chi connectivity index (χ0v) is 18.7. The summed E-state index contributed by atoms with van der Waals surface area (Å²) in [6.45, 7) is 9.01. The summed E-state index contributed by atoms with van der Waals surface area (Å²) in [5.74, 6) is -1.94. The number of aliphatic carboxylic acids is 1. The van der Waals surface area contributed by atoms with Crippen LogP contribution in [0, 0.1) is 11.8 Å². The first kappa shape index (κ1) is 24.3. The molecule has 4 N–H and O–H groups in total. The average molecular weight is 416 g/mol. The number of benzene rings is 2. The van der Waals surface area contributed by atoms with E-state index in [1.54, 1.807) is 6.92 Å². The number of aliphatic hydroxyl groups excluding tert-OH is 1. The van der Waals surface area contributed by atoms with Gasteiger partial charge in [-0.15, -0.1) is 0 Å². The molecule has 0 bridgehead atoms. The van der Waals surface area contributed by atoms with Crippen LogP contribution in [0.1, 0.15) is 64.0 Å². The molecule has 0 radical (unpaired) electrons. The van der Waals surface area contributed by atoms with E-state index in [0.29, 0.717) is 25.6 Å². The van der Waals surface area contributed by atoms with Crippen molar-refractivity contribution in [3.05, 3.63) is 47.5 Å². The molecule has 166 valence electrons. The highest BCUT2D eigenvalue weighted by Crippen LogP contribution is 2.35. The molecule has 30 heavy (non-hydrogen) atoms. The van der Waals surface area contributed by atoms with Gasteiger partial charge in [0.2, 0.25) is 0 Å². The Balaban J connectivity index is 2.50. The van der Waals surface area contributed by atoms with Crippen molar-refractivity contribution in [1.82, 2.24) is 0 Å². The minimum absolute atomic E-state index is 0.366. The van der Waals surface area contributed by atoms with Crippen LogP contribution in [0.3, 0.4) is 0 Å². The summed E-state index contributed by atoms with van der Waals surface area (Å²) < 4.78 is 5.79. The summed E-state index contributed by atoms with van der Waals surface area (Å²) in [6.07, 6.45) is 1.60. The van der Waals surface area contributed by atoms with E-state index in [1.807, 2.05) is 36.4 Å². The summed E-state index contributed by atoms with van der Waals surface area (Å²) in [4.78, 5) is 11.9. The van der Waals surface area contributed by atoms with Crippen LogP contribution in [0.25, 0.3) is 10.8 Å². The largest absolute Gasteiger partial charge is 0.481 e. The van der Waals surface area contributed by atoms with Crippen LogP contribution in [0.15, 0.2) is 36.4 Å². The Kier molecular flexibility index (Phi) is 9.28. The van der Waals surface area contributed by atoms with Crippen LogP contribution < -0.4 is 5.73 Å². The zero-order valence-electron chi connectivity index (χ0n) is 18.7. The van der Waals surface area contributed by atoms with Crippen LogP contribution in [0.4, 0.5) is 0 Å². The topological polar surface area (TPSA) is 92.8 Å². The van der Waals surface area contributed by atoms with E-state index in [1.165, 1.54) is 0 Å². The first-order valence-corrected chi connectivity index (χ1v) is 11.1.